The van der Waals surface area contributed by atoms with Crippen molar-refractivity contribution in [3.63, 3.8) is 0 Å². The van der Waals surface area contributed by atoms with Gasteiger partial charge in [0, 0.05) is 16.3 Å². The predicted molar refractivity (Wildman–Crippen MR) is 209 cm³/mol. The summed E-state index contributed by atoms with van der Waals surface area (Å²) in [4.78, 5) is 0. The molecule has 0 aliphatic carbocycles. The molecule has 10 aromatic carbocycles. The molecule has 0 radical (unpaired) electrons. The highest BCUT2D eigenvalue weighted by atomic mass is 16.3. The van der Waals surface area contributed by atoms with Crippen LogP contribution < -0.4 is 0 Å². The predicted octanol–water partition coefficient (Wildman–Crippen LogP) is 13.8. The molecule has 0 fully saturated rings. The van der Waals surface area contributed by atoms with Gasteiger partial charge in [-0.25, -0.2) is 0 Å². The number of benzene rings is 10. The number of para-hydroxylation sites is 1. The van der Waals surface area contributed by atoms with E-state index in [0.29, 0.717) is 0 Å². The molecule has 0 N–H and O–H groups in total. The highest BCUT2D eigenvalue weighted by molar-refractivity contribution is 6.28. The average molecular weight is 621 g/mol. The number of hydrogen-bond acceptors (Lipinski definition) is 1. The Morgan fingerprint density at radius 1 is 0.286 bits per heavy atom. The van der Waals surface area contributed by atoms with Crippen molar-refractivity contribution in [2.75, 3.05) is 0 Å². The molecule has 0 saturated heterocycles. The third kappa shape index (κ3) is 3.82. The van der Waals surface area contributed by atoms with Gasteiger partial charge in [-0.15, -0.1) is 0 Å². The lowest BCUT2D eigenvalue weighted by molar-refractivity contribution is 0.670. The van der Waals surface area contributed by atoms with E-state index in [2.05, 4.69) is 170 Å². The van der Waals surface area contributed by atoms with Crippen molar-refractivity contribution in [1.82, 2.24) is 0 Å². The quantitative estimate of drug-likeness (QED) is 0.179. The van der Waals surface area contributed by atoms with Crippen LogP contribution in [0.3, 0.4) is 0 Å². The summed E-state index contributed by atoms with van der Waals surface area (Å²) in [5, 5.41) is 15.0. The van der Waals surface area contributed by atoms with Crippen LogP contribution in [0.2, 0.25) is 0 Å². The van der Waals surface area contributed by atoms with Gasteiger partial charge < -0.3 is 4.42 Å². The van der Waals surface area contributed by atoms with Crippen molar-refractivity contribution >= 4 is 75.8 Å². The number of hydrogen-bond donors (Lipinski definition) is 0. The highest BCUT2D eigenvalue weighted by Gasteiger charge is 2.20. The first-order valence-electron chi connectivity index (χ1n) is 16.9. The van der Waals surface area contributed by atoms with Crippen molar-refractivity contribution in [1.29, 1.82) is 0 Å². The zero-order chi connectivity index (χ0) is 32.1. The average Bonchev–Trinajstić information content (AvgIpc) is 3.55. The minimum Gasteiger partial charge on any atom is -0.455 e. The minimum absolute atomic E-state index is 0.907. The third-order valence-electron chi connectivity index (χ3n) is 10.6. The number of rotatable bonds is 3. The molecule has 49 heavy (non-hydrogen) atoms. The van der Waals surface area contributed by atoms with E-state index in [4.69, 9.17) is 4.42 Å². The molecule has 11 rings (SSSR count). The minimum atomic E-state index is 0.907. The Labute approximate surface area is 282 Å². The fourth-order valence-electron chi connectivity index (χ4n) is 8.38. The molecule has 0 bridgehead atoms. The lowest BCUT2D eigenvalue weighted by Crippen LogP contribution is -1.90. The molecule has 0 saturated carbocycles. The van der Waals surface area contributed by atoms with Crippen LogP contribution in [0.25, 0.3) is 109 Å². The second-order valence-corrected chi connectivity index (χ2v) is 13.2. The molecule has 226 valence electrons. The van der Waals surface area contributed by atoms with Crippen LogP contribution in [-0.4, -0.2) is 0 Å². The number of fused-ring (bicyclic) bond motifs is 6. The SMILES string of the molecule is c1ccc(-c2ccc3ccc4c(-c5cc(-c6cc7ccccc7c7ccccc67)c6oc7ccccc7c6c5)ccc5ccc2c3c54)cc1. The summed E-state index contributed by atoms with van der Waals surface area (Å²) >= 11 is 0. The summed E-state index contributed by atoms with van der Waals surface area (Å²) in [6.45, 7) is 0. The van der Waals surface area contributed by atoms with E-state index in [1.54, 1.807) is 0 Å². The van der Waals surface area contributed by atoms with Crippen LogP contribution in [0, 0.1) is 0 Å². The molecular weight excluding hydrogens is 593 g/mol. The molecule has 1 heteroatoms. The Bertz CT molecular complexity index is 3090. The zero-order valence-electron chi connectivity index (χ0n) is 26.6. The maximum atomic E-state index is 6.73. The first-order valence-corrected chi connectivity index (χ1v) is 16.9. The van der Waals surface area contributed by atoms with E-state index in [1.807, 2.05) is 0 Å². The van der Waals surface area contributed by atoms with Gasteiger partial charge in [0.05, 0.1) is 0 Å². The van der Waals surface area contributed by atoms with Gasteiger partial charge >= 0.3 is 0 Å². The molecule has 1 heterocycles. The molecule has 11 aromatic rings. The van der Waals surface area contributed by atoms with E-state index in [1.165, 1.54) is 81.7 Å². The fraction of sp³-hybridized carbons (Fsp3) is 0. The maximum absolute atomic E-state index is 6.73. The van der Waals surface area contributed by atoms with Crippen LogP contribution in [0.15, 0.2) is 174 Å². The summed E-state index contributed by atoms with van der Waals surface area (Å²) in [5.41, 5.74) is 9.06. The summed E-state index contributed by atoms with van der Waals surface area (Å²) in [6.07, 6.45) is 0. The summed E-state index contributed by atoms with van der Waals surface area (Å²) in [7, 11) is 0. The van der Waals surface area contributed by atoms with E-state index in [0.717, 1.165) is 27.5 Å². The van der Waals surface area contributed by atoms with Gasteiger partial charge in [-0.05, 0) is 106 Å². The molecule has 0 amide bonds. The van der Waals surface area contributed by atoms with Gasteiger partial charge in [-0.1, -0.05) is 146 Å². The lowest BCUT2D eigenvalue weighted by Gasteiger charge is -2.17. The van der Waals surface area contributed by atoms with Crippen LogP contribution in [0.5, 0.6) is 0 Å². The Morgan fingerprint density at radius 3 is 1.63 bits per heavy atom. The van der Waals surface area contributed by atoms with Crippen LogP contribution in [0.1, 0.15) is 0 Å². The molecule has 0 aliphatic heterocycles. The van der Waals surface area contributed by atoms with E-state index in [-0.39, 0.29) is 0 Å². The second kappa shape index (κ2) is 10.0. The van der Waals surface area contributed by atoms with Crippen molar-refractivity contribution < 1.29 is 4.42 Å². The molecule has 0 unspecified atom stereocenters. The molecule has 0 aliphatic rings. The van der Waals surface area contributed by atoms with Crippen LogP contribution in [0.4, 0.5) is 0 Å². The smallest absolute Gasteiger partial charge is 0.143 e. The second-order valence-electron chi connectivity index (χ2n) is 13.2. The Balaban J connectivity index is 1.25. The first-order chi connectivity index (χ1) is 24.3. The van der Waals surface area contributed by atoms with Gasteiger partial charge in [-0.2, -0.15) is 0 Å². The topological polar surface area (TPSA) is 13.1 Å². The largest absolute Gasteiger partial charge is 0.455 e. The monoisotopic (exact) mass is 620 g/mol. The molecule has 1 aromatic heterocycles. The summed E-state index contributed by atoms with van der Waals surface area (Å²) < 4.78 is 6.73. The summed E-state index contributed by atoms with van der Waals surface area (Å²) in [5.74, 6) is 0. The molecule has 1 nitrogen and oxygen atoms in total. The molecule has 0 atom stereocenters. The standard InChI is InChI=1S/C48H28O/c1-2-10-29(11-3-1)35-22-18-30-21-25-41-36(23-19-31-20-24-40(35)46(30)47(31)41)33-27-43-39-16-8-9-17-45(39)49-48(43)44(28-33)42-26-32-12-4-5-13-34(32)37-14-6-7-15-38(37)42/h1-28H. The van der Waals surface area contributed by atoms with Gasteiger partial charge in [0.1, 0.15) is 11.2 Å². The van der Waals surface area contributed by atoms with Gasteiger partial charge in [0.15, 0.2) is 0 Å². The first kappa shape index (κ1) is 26.6. The van der Waals surface area contributed by atoms with E-state index in [9.17, 15) is 0 Å². The van der Waals surface area contributed by atoms with Crippen molar-refractivity contribution in [3.8, 4) is 33.4 Å². The third-order valence-corrected chi connectivity index (χ3v) is 10.6. The lowest BCUT2D eigenvalue weighted by atomic mass is 9.86. The van der Waals surface area contributed by atoms with Crippen molar-refractivity contribution in [3.05, 3.63) is 170 Å². The molecule has 0 spiro atoms. The van der Waals surface area contributed by atoms with Crippen molar-refractivity contribution in [2.24, 2.45) is 0 Å². The number of furan rings is 1. The molecular formula is C48H28O. The highest BCUT2D eigenvalue weighted by Crippen LogP contribution is 2.46. The van der Waals surface area contributed by atoms with Crippen LogP contribution >= 0.6 is 0 Å². The Kier molecular flexibility index (Phi) is 5.45. The van der Waals surface area contributed by atoms with Gasteiger partial charge in [0.2, 0.25) is 0 Å². The zero-order valence-corrected chi connectivity index (χ0v) is 26.6. The normalized spacial score (nSPS) is 12.1. The van der Waals surface area contributed by atoms with E-state index < -0.39 is 0 Å². The maximum Gasteiger partial charge on any atom is 0.143 e. The summed E-state index contributed by atoms with van der Waals surface area (Å²) in [6, 6.07) is 62.1. The van der Waals surface area contributed by atoms with Crippen molar-refractivity contribution in [2.45, 2.75) is 0 Å². The Hall–Kier alpha value is -6.44. The van der Waals surface area contributed by atoms with E-state index >= 15 is 0 Å². The van der Waals surface area contributed by atoms with Gasteiger partial charge in [0.25, 0.3) is 0 Å². The van der Waals surface area contributed by atoms with Crippen LogP contribution in [-0.2, 0) is 0 Å². The van der Waals surface area contributed by atoms with Gasteiger partial charge in [-0.3, -0.25) is 0 Å². The Morgan fingerprint density at radius 2 is 0.878 bits per heavy atom. The fourth-order valence-corrected chi connectivity index (χ4v) is 8.38.